The summed E-state index contributed by atoms with van der Waals surface area (Å²) in [7, 11) is 2.83. The summed E-state index contributed by atoms with van der Waals surface area (Å²) in [4.78, 5) is 50.7. The van der Waals surface area contributed by atoms with Crippen molar-refractivity contribution in [3.05, 3.63) is 87.5 Å². The van der Waals surface area contributed by atoms with Crippen LogP contribution in [0.15, 0.2) is 54.0 Å². The van der Waals surface area contributed by atoms with Crippen molar-refractivity contribution in [3.8, 4) is 22.6 Å². The number of anilines is 2. The van der Waals surface area contributed by atoms with E-state index in [4.69, 9.17) is 16.3 Å². The number of aryl methyl sites for hydroxylation is 1. The lowest BCUT2D eigenvalue weighted by atomic mass is 9.95. The summed E-state index contributed by atoms with van der Waals surface area (Å²) in [5, 5.41) is 0.113. The second kappa shape index (κ2) is 11.8. The van der Waals surface area contributed by atoms with E-state index >= 15 is 8.78 Å². The number of aromatic nitrogens is 2. The van der Waals surface area contributed by atoms with Crippen LogP contribution in [0, 0.1) is 18.6 Å². The van der Waals surface area contributed by atoms with Gasteiger partial charge in [0.1, 0.15) is 23.3 Å². The van der Waals surface area contributed by atoms with Gasteiger partial charge in [0.15, 0.2) is 5.82 Å². The lowest BCUT2D eigenvalue weighted by Crippen LogP contribution is -2.66. The molecular formula is C35H34ClF2N5O4. The summed E-state index contributed by atoms with van der Waals surface area (Å²) >= 11 is 6.87. The number of hydrogen-bond donors (Lipinski definition) is 0. The maximum absolute atomic E-state index is 17.5. The third-order valence-electron chi connectivity index (χ3n) is 9.11. The van der Waals surface area contributed by atoms with Gasteiger partial charge in [0.25, 0.3) is 11.5 Å². The number of benzene rings is 2. The molecule has 4 aromatic rings. The van der Waals surface area contributed by atoms with E-state index in [2.05, 4.69) is 11.6 Å². The van der Waals surface area contributed by atoms with Gasteiger partial charge in [-0.3, -0.25) is 23.9 Å². The Morgan fingerprint density at radius 1 is 1.13 bits per heavy atom. The maximum Gasteiger partial charge on any atom is 0.281 e. The molecule has 1 saturated heterocycles. The Morgan fingerprint density at radius 2 is 1.85 bits per heavy atom. The lowest BCUT2D eigenvalue weighted by molar-refractivity contribution is -0.130. The molecule has 1 fully saturated rings. The molecule has 2 aromatic heterocycles. The number of nitrogens with zero attached hydrogens (tertiary/aromatic N) is 5. The molecule has 9 nitrogen and oxygen atoms in total. The zero-order valence-corrected chi connectivity index (χ0v) is 27.7. The fraction of sp³-hybridized carbons (Fsp3) is 0.314. The van der Waals surface area contributed by atoms with Gasteiger partial charge in [-0.1, -0.05) is 38.1 Å². The van der Waals surface area contributed by atoms with Crippen LogP contribution >= 0.6 is 11.6 Å². The summed E-state index contributed by atoms with van der Waals surface area (Å²) in [5.74, 6) is -2.56. The fourth-order valence-electron chi connectivity index (χ4n) is 6.87. The van der Waals surface area contributed by atoms with Crippen molar-refractivity contribution in [2.75, 3.05) is 37.0 Å². The van der Waals surface area contributed by atoms with Crippen molar-refractivity contribution in [2.45, 2.75) is 45.7 Å². The number of ether oxygens (including phenoxy) is 1. The highest BCUT2D eigenvalue weighted by atomic mass is 35.5. The molecule has 2 aliphatic rings. The Balaban J connectivity index is 1.80. The lowest BCUT2D eigenvalue weighted by Gasteiger charge is -2.50. The molecule has 2 unspecified atom stereocenters. The second-order valence-corrected chi connectivity index (χ2v) is 12.6. The Labute approximate surface area is 275 Å². The Kier molecular flexibility index (Phi) is 8.07. The molecule has 0 spiro atoms. The Bertz CT molecular complexity index is 2060. The molecule has 6 rings (SSSR count). The van der Waals surface area contributed by atoms with E-state index in [0.29, 0.717) is 22.6 Å². The van der Waals surface area contributed by atoms with Crippen LogP contribution in [0.5, 0.6) is 5.75 Å². The number of halogens is 3. The second-order valence-electron chi connectivity index (χ2n) is 12.2. The minimum Gasteiger partial charge on any atom is -0.496 e. The van der Waals surface area contributed by atoms with Gasteiger partial charge < -0.3 is 19.4 Å². The molecular weight excluding hydrogens is 628 g/mol. The fourth-order valence-corrected chi connectivity index (χ4v) is 7.16. The highest BCUT2D eigenvalue weighted by Crippen LogP contribution is 2.47. The van der Waals surface area contributed by atoms with E-state index in [1.165, 1.54) is 54.0 Å². The van der Waals surface area contributed by atoms with E-state index in [0.717, 1.165) is 0 Å². The predicted octanol–water partition coefficient (Wildman–Crippen LogP) is 5.99. The first kappa shape index (κ1) is 32.2. The van der Waals surface area contributed by atoms with Crippen LogP contribution in [0.3, 0.4) is 0 Å². The first-order chi connectivity index (χ1) is 22.3. The number of methoxy groups -OCH3 is 1. The van der Waals surface area contributed by atoms with Crippen molar-refractivity contribution < 1.29 is 23.1 Å². The van der Waals surface area contributed by atoms with Crippen LogP contribution in [-0.4, -0.2) is 65.6 Å². The topological polar surface area (TPSA) is 88.0 Å². The normalized spacial score (nSPS) is 17.7. The molecule has 0 aliphatic carbocycles. The molecule has 244 valence electrons. The SMILES string of the molecule is C=CC(=O)N1CC2C(=O)N(C)c3c(c4cc(Cl)c(-c5c(F)cccc5OC)c(F)c4n(-c4c(C)ccnc4C(C)C)c3=O)N2CC1C. The van der Waals surface area contributed by atoms with Crippen LogP contribution in [0.25, 0.3) is 27.7 Å². The third-order valence-corrected chi connectivity index (χ3v) is 9.40. The number of hydrogen-bond acceptors (Lipinski definition) is 6. The molecule has 2 aromatic carbocycles. The number of rotatable bonds is 5. The van der Waals surface area contributed by atoms with Crippen molar-refractivity contribution in [2.24, 2.45) is 0 Å². The number of piperazine rings is 1. The minimum atomic E-state index is -0.946. The van der Waals surface area contributed by atoms with Gasteiger partial charge >= 0.3 is 0 Å². The summed E-state index contributed by atoms with van der Waals surface area (Å²) in [6.45, 7) is 11.2. The van der Waals surface area contributed by atoms with E-state index in [1.54, 1.807) is 29.0 Å². The third kappa shape index (κ3) is 4.78. The highest BCUT2D eigenvalue weighted by molar-refractivity contribution is 6.35. The van der Waals surface area contributed by atoms with Crippen molar-refractivity contribution >= 4 is 45.7 Å². The van der Waals surface area contributed by atoms with Crippen LogP contribution in [0.4, 0.5) is 20.2 Å². The number of fused-ring (bicyclic) bond motifs is 5. The molecule has 2 amide bonds. The van der Waals surface area contributed by atoms with E-state index in [1.807, 2.05) is 20.8 Å². The number of carbonyl (C=O) groups excluding carboxylic acids is 2. The molecule has 0 saturated carbocycles. The van der Waals surface area contributed by atoms with Crippen molar-refractivity contribution in [1.29, 1.82) is 0 Å². The van der Waals surface area contributed by atoms with E-state index in [-0.39, 0.29) is 69.4 Å². The monoisotopic (exact) mass is 661 g/mol. The molecule has 0 radical (unpaired) electrons. The predicted molar refractivity (Wildman–Crippen MR) is 179 cm³/mol. The molecule has 47 heavy (non-hydrogen) atoms. The van der Waals surface area contributed by atoms with Crippen LogP contribution < -0.4 is 20.1 Å². The van der Waals surface area contributed by atoms with Gasteiger partial charge in [0.05, 0.1) is 46.8 Å². The number of likely N-dealkylation sites (N-methyl/N-ethyl adjacent to an activating group) is 1. The number of pyridine rings is 2. The molecule has 12 heteroatoms. The molecule has 4 heterocycles. The maximum atomic E-state index is 17.5. The Hall–Kier alpha value is -4.77. The van der Waals surface area contributed by atoms with Crippen molar-refractivity contribution in [3.63, 3.8) is 0 Å². The van der Waals surface area contributed by atoms with Gasteiger partial charge in [-0.25, -0.2) is 8.78 Å². The Morgan fingerprint density at radius 3 is 2.51 bits per heavy atom. The quantitative estimate of drug-likeness (QED) is 0.244. The van der Waals surface area contributed by atoms with E-state index in [9.17, 15) is 14.4 Å². The van der Waals surface area contributed by atoms with Crippen molar-refractivity contribution in [1.82, 2.24) is 14.5 Å². The standard InChI is InChI=1S/C35H34ClF2N5O4/c1-8-25(44)41-16-23-34(45)40(6)33-32(42(23)15-19(41)5)20-14-21(36)26(27-22(37)10-9-11-24(27)47-7)28(38)31(20)43(35(33)46)30-18(4)12-13-39-29(30)17(2)3/h8-14,17,19,23H,1,15-16H2,2-7H3. The summed E-state index contributed by atoms with van der Waals surface area (Å²) in [6, 6.07) is 6.09. The largest absolute Gasteiger partial charge is 0.496 e. The van der Waals surface area contributed by atoms with Gasteiger partial charge in [-0.05, 0) is 55.7 Å². The average molecular weight is 662 g/mol. The zero-order chi connectivity index (χ0) is 34.1. The summed E-state index contributed by atoms with van der Waals surface area (Å²) in [5.41, 5.74) is 0.552. The molecule has 0 bridgehead atoms. The smallest absolute Gasteiger partial charge is 0.281 e. The van der Waals surface area contributed by atoms with Gasteiger partial charge in [-0.15, -0.1) is 0 Å². The first-order valence-corrected chi connectivity index (χ1v) is 15.6. The minimum absolute atomic E-state index is 0.0269. The van der Waals surface area contributed by atoms with Gasteiger partial charge in [-0.2, -0.15) is 0 Å². The molecule has 0 N–H and O–H groups in total. The first-order valence-electron chi connectivity index (χ1n) is 15.2. The van der Waals surface area contributed by atoms with Gasteiger partial charge in [0, 0.05) is 36.8 Å². The number of carbonyl (C=O) groups is 2. The zero-order valence-electron chi connectivity index (χ0n) is 26.9. The van der Waals surface area contributed by atoms with Crippen LogP contribution in [0.2, 0.25) is 5.02 Å². The van der Waals surface area contributed by atoms with E-state index < -0.39 is 29.1 Å². The average Bonchev–Trinajstić information content (AvgIpc) is 3.03. The van der Waals surface area contributed by atoms with Crippen LogP contribution in [0.1, 0.15) is 37.9 Å². The van der Waals surface area contributed by atoms with Crippen LogP contribution in [-0.2, 0) is 9.59 Å². The van der Waals surface area contributed by atoms with Gasteiger partial charge in [0.2, 0.25) is 5.91 Å². The highest BCUT2D eigenvalue weighted by Gasteiger charge is 2.46. The summed E-state index contributed by atoms with van der Waals surface area (Å²) in [6.07, 6.45) is 2.82. The summed E-state index contributed by atoms with van der Waals surface area (Å²) < 4.78 is 39.7. The molecule has 2 aliphatic heterocycles. The number of amides is 2. The molecule has 2 atom stereocenters.